The molecule has 0 spiro atoms. The zero-order valence-electron chi connectivity index (χ0n) is 22.7. The second-order valence-electron chi connectivity index (χ2n) is 10.6. The Morgan fingerprint density at radius 3 is 2.19 bits per heavy atom. The maximum atomic E-state index is 12.7. The molecule has 0 bridgehead atoms. The van der Waals surface area contributed by atoms with E-state index in [2.05, 4.69) is 72.3 Å². The molecule has 196 valence electrons. The quantitative estimate of drug-likeness (QED) is 0.457. The molecule has 1 amide bonds. The molecule has 1 aliphatic heterocycles. The molecule has 0 saturated carbocycles. The molecule has 37 heavy (non-hydrogen) atoms. The minimum Gasteiger partial charge on any atom is -0.493 e. The molecule has 3 aromatic carbocycles. The van der Waals surface area contributed by atoms with Crippen molar-refractivity contribution in [3.8, 4) is 11.5 Å². The Bertz CT molecular complexity index is 1190. The molecule has 1 aliphatic rings. The van der Waals surface area contributed by atoms with Crippen LogP contribution in [0.25, 0.3) is 0 Å². The van der Waals surface area contributed by atoms with Crippen LogP contribution in [-0.2, 0) is 18.5 Å². The highest BCUT2D eigenvalue weighted by Gasteiger charge is 2.19. The number of nitrogens with one attached hydrogen (secondary N) is 1. The van der Waals surface area contributed by atoms with Gasteiger partial charge in [-0.05, 0) is 58.5 Å². The number of piperazine rings is 1. The maximum Gasteiger partial charge on any atom is 0.251 e. The third kappa shape index (κ3) is 6.83. The highest BCUT2D eigenvalue weighted by atomic mass is 16.5. The van der Waals surface area contributed by atoms with Gasteiger partial charge in [-0.25, -0.2) is 0 Å². The van der Waals surface area contributed by atoms with Crippen molar-refractivity contribution in [2.75, 3.05) is 45.3 Å². The number of nitrogens with zero attached hydrogens (tertiary/aromatic N) is 2. The molecule has 0 unspecified atom stereocenters. The van der Waals surface area contributed by atoms with Crippen molar-refractivity contribution in [2.45, 2.75) is 39.3 Å². The fraction of sp³-hybridized carbons (Fsp3) is 0.387. The van der Waals surface area contributed by atoms with Gasteiger partial charge in [0.25, 0.3) is 5.91 Å². The first kappa shape index (κ1) is 26.6. The zero-order chi connectivity index (χ0) is 26.4. The molecule has 1 N–H and O–H groups in total. The van der Waals surface area contributed by atoms with Crippen LogP contribution in [0, 0.1) is 0 Å². The molecule has 1 fully saturated rings. The molecule has 4 rings (SSSR count). The van der Waals surface area contributed by atoms with E-state index in [1.165, 1.54) is 16.8 Å². The lowest BCUT2D eigenvalue weighted by atomic mass is 9.87. The van der Waals surface area contributed by atoms with E-state index < -0.39 is 0 Å². The van der Waals surface area contributed by atoms with Gasteiger partial charge < -0.3 is 19.7 Å². The average molecular weight is 502 g/mol. The Hall–Kier alpha value is -3.51. The smallest absolute Gasteiger partial charge is 0.251 e. The molecule has 3 aromatic rings. The van der Waals surface area contributed by atoms with Gasteiger partial charge in [-0.15, -0.1) is 0 Å². The number of benzene rings is 3. The molecule has 0 aromatic heterocycles. The third-order valence-electron chi connectivity index (χ3n) is 6.97. The summed E-state index contributed by atoms with van der Waals surface area (Å²) in [6.07, 6.45) is 0. The fourth-order valence-corrected chi connectivity index (χ4v) is 4.67. The number of hydrogen-bond acceptors (Lipinski definition) is 5. The molecular formula is C31H39N3O3. The summed E-state index contributed by atoms with van der Waals surface area (Å²) in [6, 6.07) is 22.5. The van der Waals surface area contributed by atoms with Crippen LogP contribution in [0.3, 0.4) is 0 Å². The number of hydrogen-bond donors (Lipinski definition) is 1. The SMILES string of the molecule is COc1ccc(CN2CCN(c3cccc(CNC(=O)c4ccc(C(C)(C)C)cc4)c3)CC2)cc1OC. The second-order valence-corrected chi connectivity index (χ2v) is 10.6. The third-order valence-corrected chi connectivity index (χ3v) is 6.97. The van der Waals surface area contributed by atoms with Gasteiger partial charge in [0.2, 0.25) is 0 Å². The monoisotopic (exact) mass is 501 g/mol. The standard InChI is InChI=1S/C31H39N3O3/c1-31(2,3)26-12-10-25(11-13-26)30(35)32-21-23-7-6-8-27(19-23)34-17-15-33(16-18-34)22-24-9-14-28(36-4)29(20-24)37-5/h6-14,19-20H,15-18,21-22H2,1-5H3,(H,32,35). The van der Waals surface area contributed by atoms with E-state index >= 15 is 0 Å². The van der Waals surface area contributed by atoms with Crippen LogP contribution in [0.15, 0.2) is 66.7 Å². The number of methoxy groups -OCH3 is 2. The predicted molar refractivity (Wildman–Crippen MR) is 150 cm³/mol. The van der Waals surface area contributed by atoms with E-state index in [0.717, 1.165) is 49.8 Å². The van der Waals surface area contributed by atoms with Crippen molar-refractivity contribution < 1.29 is 14.3 Å². The van der Waals surface area contributed by atoms with E-state index in [9.17, 15) is 4.79 Å². The molecular weight excluding hydrogens is 462 g/mol. The second kappa shape index (κ2) is 11.7. The summed E-state index contributed by atoms with van der Waals surface area (Å²) in [7, 11) is 3.33. The zero-order valence-corrected chi connectivity index (χ0v) is 22.7. The number of ether oxygens (including phenoxy) is 2. The van der Waals surface area contributed by atoms with Crippen LogP contribution >= 0.6 is 0 Å². The summed E-state index contributed by atoms with van der Waals surface area (Å²) in [5.74, 6) is 1.48. The lowest BCUT2D eigenvalue weighted by Gasteiger charge is -2.36. The van der Waals surface area contributed by atoms with E-state index in [1.54, 1.807) is 14.2 Å². The maximum absolute atomic E-state index is 12.7. The van der Waals surface area contributed by atoms with Crippen LogP contribution in [0.1, 0.15) is 47.8 Å². The van der Waals surface area contributed by atoms with E-state index in [0.29, 0.717) is 12.1 Å². The van der Waals surface area contributed by atoms with Crippen molar-refractivity contribution in [2.24, 2.45) is 0 Å². The Balaban J connectivity index is 1.29. The lowest BCUT2D eigenvalue weighted by Crippen LogP contribution is -2.46. The number of rotatable bonds is 8. The van der Waals surface area contributed by atoms with Crippen molar-refractivity contribution >= 4 is 11.6 Å². The van der Waals surface area contributed by atoms with Gasteiger partial charge in [0.1, 0.15) is 0 Å². The van der Waals surface area contributed by atoms with Crippen LogP contribution in [0.5, 0.6) is 11.5 Å². The fourth-order valence-electron chi connectivity index (χ4n) is 4.67. The highest BCUT2D eigenvalue weighted by molar-refractivity contribution is 5.94. The molecule has 0 aliphatic carbocycles. The van der Waals surface area contributed by atoms with Crippen LogP contribution in [0.2, 0.25) is 0 Å². The molecule has 6 nitrogen and oxygen atoms in total. The number of carbonyl (C=O) groups is 1. The number of amides is 1. The summed E-state index contributed by atoms with van der Waals surface area (Å²) < 4.78 is 10.8. The van der Waals surface area contributed by atoms with Crippen molar-refractivity contribution in [1.82, 2.24) is 10.2 Å². The normalized spacial score (nSPS) is 14.4. The first-order chi connectivity index (χ1) is 17.8. The van der Waals surface area contributed by atoms with E-state index in [4.69, 9.17) is 9.47 Å². The topological polar surface area (TPSA) is 54.0 Å². The Morgan fingerprint density at radius 2 is 1.54 bits per heavy atom. The molecule has 1 heterocycles. The first-order valence-electron chi connectivity index (χ1n) is 12.9. The number of carbonyl (C=O) groups excluding carboxylic acids is 1. The predicted octanol–water partition coefficient (Wildman–Crippen LogP) is 5.25. The molecule has 0 radical (unpaired) electrons. The molecule has 1 saturated heterocycles. The van der Waals surface area contributed by atoms with Gasteiger partial charge in [-0.3, -0.25) is 9.69 Å². The number of anilines is 1. The van der Waals surface area contributed by atoms with Crippen LogP contribution in [0.4, 0.5) is 5.69 Å². The van der Waals surface area contributed by atoms with Gasteiger partial charge in [0.05, 0.1) is 14.2 Å². The molecule has 6 heteroatoms. The van der Waals surface area contributed by atoms with Gasteiger partial charge >= 0.3 is 0 Å². The Morgan fingerprint density at radius 1 is 0.838 bits per heavy atom. The van der Waals surface area contributed by atoms with Gasteiger partial charge in [0.15, 0.2) is 11.5 Å². The van der Waals surface area contributed by atoms with Gasteiger partial charge in [-0.1, -0.05) is 51.1 Å². The van der Waals surface area contributed by atoms with E-state index in [1.807, 2.05) is 30.3 Å². The van der Waals surface area contributed by atoms with Crippen LogP contribution in [-0.4, -0.2) is 51.2 Å². The van der Waals surface area contributed by atoms with Gasteiger partial charge in [-0.2, -0.15) is 0 Å². The minimum absolute atomic E-state index is 0.0466. The lowest BCUT2D eigenvalue weighted by molar-refractivity contribution is 0.0951. The summed E-state index contributed by atoms with van der Waals surface area (Å²) in [6.45, 7) is 11.8. The highest BCUT2D eigenvalue weighted by Crippen LogP contribution is 2.28. The largest absolute Gasteiger partial charge is 0.493 e. The average Bonchev–Trinajstić information content (AvgIpc) is 2.92. The van der Waals surface area contributed by atoms with Crippen molar-refractivity contribution in [3.05, 3.63) is 89.0 Å². The van der Waals surface area contributed by atoms with Gasteiger partial charge in [0, 0.05) is 50.5 Å². The Kier molecular flexibility index (Phi) is 8.39. The summed E-state index contributed by atoms with van der Waals surface area (Å²) in [4.78, 5) is 17.6. The summed E-state index contributed by atoms with van der Waals surface area (Å²) >= 11 is 0. The molecule has 0 atom stereocenters. The van der Waals surface area contributed by atoms with Crippen molar-refractivity contribution in [3.63, 3.8) is 0 Å². The first-order valence-corrected chi connectivity index (χ1v) is 12.9. The van der Waals surface area contributed by atoms with Crippen molar-refractivity contribution in [1.29, 1.82) is 0 Å². The summed E-state index contributed by atoms with van der Waals surface area (Å²) in [5, 5.41) is 3.07. The van der Waals surface area contributed by atoms with Crippen LogP contribution < -0.4 is 19.7 Å². The van der Waals surface area contributed by atoms with E-state index in [-0.39, 0.29) is 11.3 Å². The minimum atomic E-state index is -0.0466. The Labute approximate surface area is 221 Å². The summed E-state index contributed by atoms with van der Waals surface area (Å²) in [5.41, 5.74) is 5.51.